The van der Waals surface area contributed by atoms with E-state index in [1.54, 1.807) is 0 Å². The summed E-state index contributed by atoms with van der Waals surface area (Å²) in [7, 11) is 2.38. The van der Waals surface area contributed by atoms with Crippen LogP contribution in [0.4, 0.5) is 0 Å². The van der Waals surface area contributed by atoms with Gasteiger partial charge in [0, 0.05) is 0 Å². The second-order valence-corrected chi connectivity index (χ2v) is 4.88. The topological polar surface area (TPSA) is 0 Å². The van der Waals surface area contributed by atoms with Crippen molar-refractivity contribution >= 4 is 19.7 Å². The summed E-state index contributed by atoms with van der Waals surface area (Å²) in [5.41, 5.74) is 0. The van der Waals surface area contributed by atoms with Crippen LogP contribution in [-0.4, -0.2) is 7.28 Å². The summed E-state index contributed by atoms with van der Waals surface area (Å²) in [5, 5.41) is 0.719. The molecule has 0 aliphatic heterocycles. The largest absolute Gasteiger partial charge is 0.147 e. The van der Waals surface area contributed by atoms with E-state index in [1.807, 2.05) is 0 Å². The van der Waals surface area contributed by atoms with Crippen LogP contribution in [0.15, 0.2) is 0 Å². The second-order valence-electron chi connectivity index (χ2n) is 4.88. The molecule has 0 N–H and O–H groups in total. The van der Waals surface area contributed by atoms with Crippen molar-refractivity contribution < 1.29 is 0 Å². The van der Waals surface area contributed by atoms with Crippen LogP contribution in [0.3, 0.4) is 0 Å². The quantitative estimate of drug-likeness (QED) is 0.477. The average molecular weight is 162 g/mol. The summed E-state index contributed by atoms with van der Waals surface area (Å²) in [4.78, 5) is 0. The van der Waals surface area contributed by atoms with Crippen LogP contribution in [0.2, 0.25) is 10.6 Å². The lowest BCUT2D eigenvalue weighted by molar-refractivity contribution is 0.668. The van der Waals surface area contributed by atoms with Gasteiger partial charge in [0.25, 0.3) is 0 Å². The maximum atomic E-state index is 2.38. The minimum Gasteiger partial charge on any atom is -0.147 e. The molecule has 0 saturated carbocycles. The van der Waals surface area contributed by atoms with Crippen molar-refractivity contribution in [3.8, 4) is 0 Å². The van der Waals surface area contributed by atoms with Gasteiger partial charge in [0.05, 0.1) is 0 Å². The van der Waals surface area contributed by atoms with Gasteiger partial charge in [0.1, 0.15) is 7.28 Å². The van der Waals surface area contributed by atoms with E-state index in [1.165, 1.54) is 0 Å². The van der Waals surface area contributed by atoms with E-state index in [2.05, 4.69) is 48.8 Å². The van der Waals surface area contributed by atoms with E-state index in [0.29, 0.717) is 10.6 Å². The van der Waals surface area contributed by atoms with Crippen molar-refractivity contribution in [2.75, 3.05) is 0 Å². The predicted molar refractivity (Wildman–Crippen MR) is 52.4 cm³/mol. The maximum Gasteiger partial charge on any atom is 0.124 e. The molecule has 0 rings (SSSR count). The lowest BCUT2D eigenvalue weighted by atomic mass is 9.42. The van der Waals surface area contributed by atoms with Gasteiger partial charge in [-0.2, -0.15) is 0 Å². The zero-order valence-corrected chi connectivity index (χ0v) is 8.80. The van der Waals surface area contributed by atoms with Crippen LogP contribution in [0.1, 0.15) is 41.5 Å². The third-order valence-corrected chi connectivity index (χ3v) is 0.866. The van der Waals surface area contributed by atoms with Crippen molar-refractivity contribution in [1.82, 2.24) is 0 Å². The fourth-order valence-corrected chi connectivity index (χ4v) is 1.30. The summed E-state index contributed by atoms with van der Waals surface area (Å²) in [5.74, 6) is 0. The van der Waals surface area contributed by atoms with Gasteiger partial charge in [0.15, 0.2) is 0 Å². The van der Waals surface area contributed by atoms with E-state index in [-0.39, 0.29) is 12.4 Å². The molecule has 0 aromatic heterocycles. The molecule has 0 nitrogen and oxygen atoms in total. The Morgan fingerprint density at radius 1 is 0.700 bits per heavy atom. The first-order chi connectivity index (χ1) is 3.71. The zero-order valence-electron chi connectivity index (χ0n) is 7.99. The SMILES string of the molecule is CC(C)(C)[B]C(C)(C)C.Cl. The highest BCUT2D eigenvalue weighted by Gasteiger charge is 2.21. The monoisotopic (exact) mass is 161 g/mol. The Balaban J connectivity index is 0. The third kappa shape index (κ3) is 11.2. The van der Waals surface area contributed by atoms with Crippen LogP contribution in [0, 0.1) is 0 Å². The van der Waals surface area contributed by atoms with Crippen molar-refractivity contribution in [3.63, 3.8) is 0 Å². The van der Waals surface area contributed by atoms with E-state index in [0.717, 1.165) is 0 Å². The minimum absolute atomic E-state index is 0. The molecule has 0 aliphatic rings. The summed E-state index contributed by atoms with van der Waals surface area (Å²) in [6.07, 6.45) is 0. The molecule has 0 saturated heterocycles. The van der Waals surface area contributed by atoms with Crippen molar-refractivity contribution in [1.29, 1.82) is 0 Å². The smallest absolute Gasteiger partial charge is 0.124 e. The molecule has 0 heterocycles. The van der Waals surface area contributed by atoms with Crippen LogP contribution in [0.5, 0.6) is 0 Å². The predicted octanol–water partition coefficient (Wildman–Crippen LogP) is 3.55. The molecule has 1 radical (unpaired) electrons. The standard InChI is InChI=1S/C8H18B.ClH/c1-7(2,3)9-8(4,5)6;/h1-6H3;1H. The Morgan fingerprint density at radius 3 is 0.900 bits per heavy atom. The first kappa shape index (κ1) is 13.0. The molecule has 0 atom stereocenters. The lowest BCUT2D eigenvalue weighted by Crippen LogP contribution is -2.18. The Hall–Kier alpha value is 0.355. The summed E-state index contributed by atoms with van der Waals surface area (Å²) >= 11 is 0. The lowest BCUT2D eigenvalue weighted by Gasteiger charge is -2.26. The third-order valence-electron chi connectivity index (χ3n) is 0.866. The van der Waals surface area contributed by atoms with E-state index >= 15 is 0 Å². The highest BCUT2D eigenvalue weighted by molar-refractivity contribution is 6.43. The highest BCUT2D eigenvalue weighted by Crippen LogP contribution is 2.33. The summed E-state index contributed by atoms with van der Waals surface area (Å²) < 4.78 is 0. The number of hydrogen-bond acceptors (Lipinski definition) is 0. The van der Waals surface area contributed by atoms with Crippen LogP contribution < -0.4 is 0 Å². The van der Waals surface area contributed by atoms with Gasteiger partial charge in [-0.3, -0.25) is 0 Å². The molecule has 61 valence electrons. The summed E-state index contributed by atoms with van der Waals surface area (Å²) in [6.45, 7) is 13.4. The molecule has 0 bridgehead atoms. The average Bonchev–Trinajstić information content (AvgIpc) is 1.14. The molecule has 0 aromatic rings. The van der Waals surface area contributed by atoms with E-state index in [4.69, 9.17) is 0 Å². The molecule has 2 heteroatoms. The molecule has 0 fully saturated rings. The fourth-order valence-electron chi connectivity index (χ4n) is 1.30. The molecule has 10 heavy (non-hydrogen) atoms. The fraction of sp³-hybridized carbons (Fsp3) is 1.00. The zero-order chi connectivity index (χ0) is 7.71. The van der Waals surface area contributed by atoms with Gasteiger partial charge in [-0.1, -0.05) is 52.2 Å². The molecule has 0 amide bonds. The van der Waals surface area contributed by atoms with Gasteiger partial charge in [-0.25, -0.2) is 0 Å². The van der Waals surface area contributed by atoms with Gasteiger partial charge in [0.2, 0.25) is 0 Å². The van der Waals surface area contributed by atoms with E-state index in [9.17, 15) is 0 Å². The Kier molecular flexibility index (Phi) is 4.75. The van der Waals surface area contributed by atoms with Gasteiger partial charge in [-0.05, 0) is 0 Å². The molecule has 0 spiro atoms. The van der Waals surface area contributed by atoms with Crippen molar-refractivity contribution in [2.45, 2.75) is 52.2 Å². The van der Waals surface area contributed by atoms with Crippen LogP contribution in [-0.2, 0) is 0 Å². The minimum atomic E-state index is 0. The molecular weight excluding hydrogens is 142 g/mol. The number of halogens is 1. The Morgan fingerprint density at radius 2 is 0.900 bits per heavy atom. The van der Waals surface area contributed by atoms with E-state index < -0.39 is 0 Å². The van der Waals surface area contributed by atoms with Crippen LogP contribution >= 0.6 is 12.4 Å². The first-order valence-corrected chi connectivity index (χ1v) is 3.58. The van der Waals surface area contributed by atoms with Crippen molar-refractivity contribution in [3.05, 3.63) is 0 Å². The van der Waals surface area contributed by atoms with Gasteiger partial charge < -0.3 is 0 Å². The van der Waals surface area contributed by atoms with Gasteiger partial charge in [-0.15, -0.1) is 12.4 Å². The first-order valence-electron chi connectivity index (χ1n) is 3.58. The highest BCUT2D eigenvalue weighted by atomic mass is 35.5. The molecule has 0 unspecified atom stereocenters. The van der Waals surface area contributed by atoms with Gasteiger partial charge >= 0.3 is 0 Å². The molecular formula is C8H19BCl. The summed E-state index contributed by atoms with van der Waals surface area (Å²) in [6, 6.07) is 0. The number of rotatable bonds is 0. The molecule has 0 aliphatic carbocycles. The Bertz CT molecular complexity index is 74.4. The number of hydrogen-bond donors (Lipinski definition) is 0. The molecule has 0 aromatic carbocycles. The Labute approximate surface area is 72.4 Å². The normalized spacial score (nSPS) is 12.2. The maximum absolute atomic E-state index is 2.38. The second kappa shape index (κ2) is 3.66. The van der Waals surface area contributed by atoms with Crippen LogP contribution in [0.25, 0.3) is 0 Å². The van der Waals surface area contributed by atoms with Crippen molar-refractivity contribution in [2.24, 2.45) is 0 Å².